The van der Waals surface area contributed by atoms with Gasteiger partial charge in [0.1, 0.15) is 0 Å². The summed E-state index contributed by atoms with van der Waals surface area (Å²) in [5.41, 5.74) is 15.6. The minimum atomic E-state index is 0.0818. The van der Waals surface area contributed by atoms with E-state index in [-0.39, 0.29) is 5.92 Å². The van der Waals surface area contributed by atoms with Crippen LogP contribution in [0.3, 0.4) is 0 Å². The number of aromatic nitrogens is 3. The molecule has 0 aliphatic heterocycles. The first kappa shape index (κ1) is 35.2. The average Bonchev–Trinajstić information content (AvgIpc) is 3.32. The van der Waals surface area contributed by atoms with Gasteiger partial charge in [0.05, 0.1) is 16.9 Å². The second-order valence-corrected chi connectivity index (χ2v) is 15.1. The molecule has 0 saturated carbocycles. The number of hydrogen-bond acceptors (Lipinski definition) is 3. The maximum atomic E-state index is 5.50. The maximum absolute atomic E-state index is 5.50. The normalized spacial score (nSPS) is 16.0. The van der Waals surface area contributed by atoms with Crippen molar-refractivity contribution < 1.29 is 0 Å². The van der Waals surface area contributed by atoms with Crippen LogP contribution in [-0.2, 0) is 0 Å². The van der Waals surface area contributed by atoms with E-state index in [0.29, 0.717) is 5.92 Å². The molecule has 0 fully saturated rings. The third-order valence-corrected chi connectivity index (χ3v) is 11.4. The van der Waals surface area contributed by atoms with Crippen LogP contribution in [0.25, 0.3) is 78.1 Å². The van der Waals surface area contributed by atoms with Crippen LogP contribution in [0.2, 0.25) is 0 Å². The third kappa shape index (κ3) is 7.15. The Morgan fingerprint density at radius 3 is 1.76 bits per heavy atom. The van der Waals surface area contributed by atoms with E-state index in [4.69, 9.17) is 9.97 Å². The molecule has 0 bridgehead atoms. The topological polar surface area (TPSA) is 38.7 Å². The highest BCUT2D eigenvalue weighted by atomic mass is 14.9. The third-order valence-electron chi connectivity index (χ3n) is 11.4. The Bertz CT molecular complexity index is 2870. The highest BCUT2D eigenvalue weighted by molar-refractivity contribution is 6.00. The SMILES string of the molecule is C1=CCC(C2=CCC(c3nc(-c4ccc(-c5ccccn5)cc4)nc4c(-c5cccc(-c6ccccc6)c5)cc(-c5cccc(-c6ccccc6)c5)cc34)C=C2)C=C1. The van der Waals surface area contributed by atoms with E-state index in [1.165, 1.54) is 27.8 Å². The zero-order valence-corrected chi connectivity index (χ0v) is 32.1. The molecule has 58 heavy (non-hydrogen) atoms. The summed E-state index contributed by atoms with van der Waals surface area (Å²) in [5, 5.41) is 1.07. The summed E-state index contributed by atoms with van der Waals surface area (Å²) in [6.45, 7) is 0. The zero-order chi connectivity index (χ0) is 38.7. The smallest absolute Gasteiger partial charge is 0.160 e. The van der Waals surface area contributed by atoms with Crippen LogP contribution in [-0.4, -0.2) is 15.0 Å². The lowest BCUT2D eigenvalue weighted by atomic mass is 9.84. The van der Waals surface area contributed by atoms with E-state index in [1.54, 1.807) is 0 Å². The van der Waals surface area contributed by atoms with Crippen LogP contribution in [0.4, 0.5) is 0 Å². The Morgan fingerprint density at radius 1 is 0.448 bits per heavy atom. The van der Waals surface area contributed by atoms with Gasteiger partial charge in [-0.1, -0.05) is 170 Å². The molecule has 2 unspecified atom stereocenters. The lowest BCUT2D eigenvalue weighted by Gasteiger charge is -2.23. The highest BCUT2D eigenvalue weighted by Crippen LogP contribution is 2.41. The fourth-order valence-corrected chi connectivity index (χ4v) is 8.33. The second-order valence-electron chi connectivity index (χ2n) is 15.1. The van der Waals surface area contributed by atoms with Gasteiger partial charge in [-0.05, 0) is 93.8 Å². The summed E-state index contributed by atoms with van der Waals surface area (Å²) in [6, 6.07) is 58.2. The predicted molar refractivity (Wildman–Crippen MR) is 241 cm³/mol. The van der Waals surface area contributed by atoms with Crippen LogP contribution < -0.4 is 0 Å². The van der Waals surface area contributed by atoms with Crippen molar-refractivity contribution in [1.82, 2.24) is 15.0 Å². The van der Waals surface area contributed by atoms with Gasteiger partial charge in [0, 0.05) is 40.1 Å². The minimum Gasteiger partial charge on any atom is -0.256 e. The van der Waals surface area contributed by atoms with Gasteiger partial charge >= 0.3 is 0 Å². The summed E-state index contributed by atoms with van der Waals surface area (Å²) in [4.78, 5) is 15.6. The summed E-state index contributed by atoms with van der Waals surface area (Å²) >= 11 is 0. The summed E-state index contributed by atoms with van der Waals surface area (Å²) in [5.74, 6) is 1.21. The quantitative estimate of drug-likeness (QED) is 0.156. The minimum absolute atomic E-state index is 0.0818. The molecule has 0 N–H and O–H groups in total. The first-order chi connectivity index (χ1) is 28.7. The van der Waals surface area contributed by atoms with Crippen molar-refractivity contribution in [3.63, 3.8) is 0 Å². The van der Waals surface area contributed by atoms with Gasteiger partial charge in [0.15, 0.2) is 5.82 Å². The number of rotatable bonds is 8. The van der Waals surface area contributed by atoms with Gasteiger partial charge in [0.2, 0.25) is 0 Å². The number of fused-ring (bicyclic) bond motifs is 1. The molecule has 2 aromatic heterocycles. The second kappa shape index (κ2) is 15.7. The van der Waals surface area contributed by atoms with E-state index in [2.05, 4.69) is 193 Å². The van der Waals surface area contributed by atoms with E-state index in [9.17, 15) is 0 Å². The lowest BCUT2D eigenvalue weighted by molar-refractivity contribution is 0.744. The zero-order valence-electron chi connectivity index (χ0n) is 32.1. The predicted octanol–water partition coefficient (Wildman–Crippen LogP) is 14.1. The molecule has 8 aromatic rings. The van der Waals surface area contributed by atoms with E-state index in [1.807, 2.05) is 24.4 Å². The first-order valence-electron chi connectivity index (χ1n) is 20.1. The van der Waals surface area contributed by atoms with E-state index < -0.39 is 0 Å². The fourth-order valence-electron chi connectivity index (χ4n) is 8.33. The average molecular weight is 744 g/mol. The molecular weight excluding hydrogens is 703 g/mol. The Morgan fingerprint density at radius 2 is 1.10 bits per heavy atom. The molecule has 2 atom stereocenters. The molecule has 2 heterocycles. The lowest BCUT2D eigenvalue weighted by Crippen LogP contribution is -2.09. The molecule has 0 radical (unpaired) electrons. The van der Waals surface area contributed by atoms with Crippen LogP contribution in [0.1, 0.15) is 24.5 Å². The molecule has 10 rings (SSSR count). The molecule has 0 spiro atoms. The summed E-state index contributed by atoms with van der Waals surface area (Å²) in [6.07, 6.45) is 19.7. The fraction of sp³-hybridized carbons (Fsp3) is 0.0727. The molecule has 2 aliphatic rings. The molecule has 3 nitrogen and oxygen atoms in total. The molecule has 0 amide bonds. The molecule has 2 aliphatic carbocycles. The standard InChI is InChI=1S/C55H41N3/c1-4-14-38(15-5-1)41-25-29-43(30-26-41)53-51-37-49(47-22-12-20-45(34-47)39-16-6-2-7-17-39)36-50(48-23-13-21-46(35-48)40-18-8-3-9-19-40)54(51)58-55(57-53)44-31-27-42(28-32-44)52-24-10-11-33-56-52/h1-14,16-29,31-38,43H,15,30H2. The van der Waals surface area contributed by atoms with Crippen molar-refractivity contribution in [2.45, 2.75) is 18.8 Å². The number of allylic oxidation sites excluding steroid dienone is 8. The number of hydrogen-bond donors (Lipinski definition) is 0. The van der Waals surface area contributed by atoms with Gasteiger partial charge in [-0.15, -0.1) is 0 Å². The Hall–Kier alpha value is -7.23. The van der Waals surface area contributed by atoms with Crippen molar-refractivity contribution in [2.75, 3.05) is 0 Å². The van der Waals surface area contributed by atoms with E-state index >= 15 is 0 Å². The van der Waals surface area contributed by atoms with Crippen molar-refractivity contribution in [3.05, 3.63) is 224 Å². The van der Waals surface area contributed by atoms with Gasteiger partial charge in [-0.3, -0.25) is 4.98 Å². The molecule has 0 saturated heterocycles. The number of benzene rings is 6. The van der Waals surface area contributed by atoms with Crippen LogP contribution in [0.15, 0.2) is 218 Å². The summed E-state index contributed by atoms with van der Waals surface area (Å²) < 4.78 is 0. The van der Waals surface area contributed by atoms with Gasteiger partial charge < -0.3 is 0 Å². The van der Waals surface area contributed by atoms with Gasteiger partial charge in [-0.25, -0.2) is 9.97 Å². The largest absolute Gasteiger partial charge is 0.256 e. The van der Waals surface area contributed by atoms with Crippen LogP contribution in [0, 0.1) is 5.92 Å². The monoisotopic (exact) mass is 743 g/mol. The van der Waals surface area contributed by atoms with Crippen molar-refractivity contribution in [1.29, 1.82) is 0 Å². The van der Waals surface area contributed by atoms with Gasteiger partial charge in [-0.2, -0.15) is 0 Å². The maximum Gasteiger partial charge on any atom is 0.160 e. The van der Waals surface area contributed by atoms with Crippen LogP contribution in [0.5, 0.6) is 0 Å². The Balaban J connectivity index is 1.18. The first-order valence-corrected chi connectivity index (χ1v) is 20.1. The molecule has 3 heteroatoms. The highest BCUT2D eigenvalue weighted by Gasteiger charge is 2.23. The molecule has 6 aromatic carbocycles. The Labute approximate surface area is 340 Å². The van der Waals surface area contributed by atoms with Crippen molar-refractivity contribution in [3.8, 4) is 67.2 Å². The van der Waals surface area contributed by atoms with E-state index in [0.717, 1.165) is 74.3 Å². The number of nitrogens with zero attached hydrogens (tertiary/aromatic N) is 3. The van der Waals surface area contributed by atoms with Gasteiger partial charge in [0.25, 0.3) is 0 Å². The van der Waals surface area contributed by atoms with Crippen LogP contribution >= 0.6 is 0 Å². The number of pyridine rings is 1. The van der Waals surface area contributed by atoms with Crippen molar-refractivity contribution >= 4 is 10.9 Å². The Kier molecular flexibility index (Phi) is 9.54. The van der Waals surface area contributed by atoms with Crippen molar-refractivity contribution in [2.24, 2.45) is 5.92 Å². The molecule has 276 valence electrons. The molecular formula is C55H41N3. The summed E-state index contributed by atoms with van der Waals surface area (Å²) in [7, 11) is 0.